The molecule has 0 aliphatic carbocycles. The van der Waals surface area contributed by atoms with Gasteiger partial charge in [0.2, 0.25) is 5.91 Å². The number of anilines is 1. The van der Waals surface area contributed by atoms with Crippen LogP contribution in [0.4, 0.5) is 5.69 Å². The Hall–Kier alpha value is -2.00. The second kappa shape index (κ2) is 5.76. The van der Waals surface area contributed by atoms with Crippen molar-refractivity contribution in [2.24, 2.45) is 5.73 Å². The Morgan fingerprint density at radius 1 is 1.26 bits per heavy atom. The van der Waals surface area contributed by atoms with Gasteiger partial charge in [-0.3, -0.25) is 4.79 Å². The Bertz CT molecular complexity index is 591. The van der Waals surface area contributed by atoms with E-state index in [0.717, 1.165) is 16.8 Å². The summed E-state index contributed by atoms with van der Waals surface area (Å²) in [5.41, 5.74) is 8.74. The van der Waals surface area contributed by atoms with Crippen molar-refractivity contribution in [2.45, 2.75) is 13.5 Å². The first kappa shape index (κ1) is 13.4. The summed E-state index contributed by atoms with van der Waals surface area (Å²) in [6.07, 6.45) is 0. The summed E-state index contributed by atoms with van der Waals surface area (Å²) in [6, 6.07) is 13.0. The van der Waals surface area contributed by atoms with E-state index in [1.165, 1.54) is 0 Å². The summed E-state index contributed by atoms with van der Waals surface area (Å²) in [7, 11) is 0. The summed E-state index contributed by atoms with van der Waals surface area (Å²) >= 11 is 6.14. The van der Waals surface area contributed by atoms with Crippen LogP contribution in [0.2, 0.25) is 5.02 Å². The van der Waals surface area contributed by atoms with Crippen LogP contribution in [-0.4, -0.2) is 5.91 Å². The monoisotopic (exact) mass is 274 g/mol. The standard InChI is InChI=1S/C15H15ClN2O/c1-10-4-2-7-13(16)14(10)18-9-11-5-3-6-12(8-11)15(17)19/h2-8,18H,9H2,1H3,(H2,17,19). The number of carbonyl (C=O) groups is 1. The van der Waals surface area contributed by atoms with Crippen LogP contribution >= 0.6 is 11.6 Å². The molecule has 0 atom stereocenters. The Morgan fingerprint density at radius 3 is 2.68 bits per heavy atom. The van der Waals surface area contributed by atoms with Crippen LogP contribution in [0.3, 0.4) is 0 Å². The fourth-order valence-corrected chi connectivity index (χ4v) is 2.17. The molecular formula is C15H15ClN2O. The summed E-state index contributed by atoms with van der Waals surface area (Å²) in [5, 5.41) is 3.97. The van der Waals surface area contributed by atoms with Crippen molar-refractivity contribution in [2.75, 3.05) is 5.32 Å². The van der Waals surface area contributed by atoms with E-state index in [2.05, 4.69) is 5.32 Å². The lowest BCUT2D eigenvalue weighted by Gasteiger charge is -2.11. The highest BCUT2D eigenvalue weighted by Gasteiger charge is 2.04. The Morgan fingerprint density at radius 2 is 2.00 bits per heavy atom. The van der Waals surface area contributed by atoms with E-state index in [9.17, 15) is 4.79 Å². The van der Waals surface area contributed by atoms with Crippen LogP contribution in [0.5, 0.6) is 0 Å². The smallest absolute Gasteiger partial charge is 0.248 e. The van der Waals surface area contributed by atoms with Gasteiger partial charge in [0.15, 0.2) is 0 Å². The van der Waals surface area contributed by atoms with E-state index in [4.69, 9.17) is 17.3 Å². The van der Waals surface area contributed by atoms with Gasteiger partial charge in [0.1, 0.15) is 0 Å². The lowest BCUT2D eigenvalue weighted by molar-refractivity contribution is 0.1000. The number of hydrogen-bond donors (Lipinski definition) is 2. The van der Waals surface area contributed by atoms with Gasteiger partial charge in [0.25, 0.3) is 0 Å². The van der Waals surface area contributed by atoms with Gasteiger partial charge < -0.3 is 11.1 Å². The number of benzene rings is 2. The number of hydrogen-bond acceptors (Lipinski definition) is 2. The van der Waals surface area contributed by atoms with Crippen LogP contribution in [-0.2, 0) is 6.54 Å². The van der Waals surface area contributed by atoms with Crippen LogP contribution in [0.15, 0.2) is 42.5 Å². The lowest BCUT2D eigenvalue weighted by atomic mass is 10.1. The van der Waals surface area contributed by atoms with Gasteiger partial charge in [-0.05, 0) is 36.2 Å². The number of nitrogens with one attached hydrogen (secondary N) is 1. The van der Waals surface area contributed by atoms with E-state index in [0.29, 0.717) is 17.1 Å². The summed E-state index contributed by atoms with van der Waals surface area (Å²) in [4.78, 5) is 11.1. The van der Waals surface area contributed by atoms with Gasteiger partial charge in [-0.1, -0.05) is 35.9 Å². The van der Waals surface area contributed by atoms with Gasteiger partial charge in [-0.2, -0.15) is 0 Å². The second-order valence-corrected chi connectivity index (χ2v) is 4.76. The molecule has 98 valence electrons. The normalized spacial score (nSPS) is 10.2. The molecule has 0 unspecified atom stereocenters. The van der Waals surface area contributed by atoms with Crippen LogP contribution in [0, 0.1) is 6.92 Å². The zero-order valence-electron chi connectivity index (χ0n) is 10.6. The maximum Gasteiger partial charge on any atom is 0.248 e. The quantitative estimate of drug-likeness (QED) is 0.898. The third-order valence-electron chi connectivity index (χ3n) is 2.90. The molecule has 0 bridgehead atoms. The molecule has 0 aliphatic rings. The Kier molecular flexibility index (Phi) is 4.07. The molecule has 0 saturated heterocycles. The zero-order chi connectivity index (χ0) is 13.8. The Balaban J connectivity index is 2.15. The predicted octanol–water partition coefficient (Wildman–Crippen LogP) is 3.36. The number of rotatable bonds is 4. The summed E-state index contributed by atoms with van der Waals surface area (Å²) in [6.45, 7) is 2.58. The first-order chi connectivity index (χ1) is 9.08. The zero-order valence-corrected chi connectivity index (χ0v) is 11.4. The number of primary amides is 1. The molecule has 3 N–H and O–H groups in total. The fraction of sp³-hybridized carbons (Fsp3) is 0.133. The predicted molar refractivity (Wildman–Crippen MR) is 78.5 cm³/mol. The highest BCUT2D eigenvalue weighted by Crippen LogP contribution is 2.25. The van der Waals surface area contributed by atoms with E-state index < -0.39 is 5.91 Å². The third-order valence-corrected chi connectivity index (χ3v) is 3.22. The SMILES string of the molecule is Cc1cccc(Cl)c1NCc1cccc(C(N)=O)c1. The molecule has 0 saturated carbocycles. The van der Waals surface area contributed by atoms with Crippen molar-refractivity contribution >= 4 is 23.2 Å². The van der Waals surface area contributed by atoms with Crippen LogP contribution in [0.1, 0.15) is 21.5 Å². The average Bonchev–Trinajstić information content (AvgIpc) is 2.38. The van der Waals surface area contributed by atoms with Gasteiger partial charge in [-0.15, -0.1) is 0 Å². The number of para-hydroxylation sites is 1. The van der Waals surface area contributed by atoms with Gasteiger partial charge in [0.05, 0.1) is 10.7 Å². The largest absolute Gasteiger partial charge is 0.380 e. The maximum absolute atomic E-state index is 11.1. The average molecular weight is 275 g/mol. The number of amides is 1. The van der Waals surface area contributed by atoms with Gasteiger partial charge in [0, 0.05) is 12.1 Å². The van der Waals surface area contributed by atoms with Gasteiger partial charge in [-0.25, -0.2) is 0 Å². The van der Waals surface area contributed by atoms with Crippen molar-refractivity contribution in [1.29, 1.82) is 0 Å². The molecule has 0 aromatic heterocycles. The molecule has 19 heavy (non-hydrogen) atoms. The van der Waals surface area contributed by atoms with Crippen molar-refractivity contribution in [3.05, 3.63) is 64.2 Å². The summed E-state index contributed by atoms with van der Waals surface area (Å²) < 4.78 is 0. The molecule has 0 fully saturated rings. The van der Waals surface area contributed by atoms with Crippen molar-refractivity contribution < 1.29 is 4.79 Å². The molecule has 1 amide bonds. The minimum atomic E-state index is -0.421. The van der Waals surface area contributed by atoms with E-state index in [1.54, 1.807) is 12.1 Å². The molecule has 2 rings (SSSR count). The highest BCUT2D eigenvalue weighted by molar-refractivity contribution is 6.33. The molecule has 0 heterocycles. The molecule has 4 heteroatoms. The van der Waals surface area contributed by atoms with E-state index >= 15 is 0 Å². The van der Waals surface area contributed by atoms with Crippen molar-refractivity contribution in [3.8, 4) is 0 Å². The number of nitrogens with two attached hydrogens (primary N) is 1. The summed E-state index contributed by atoms with van der Waals surface area (Å²) in [5.74, 6) is -0.421. The second-order valence-electron chi connectivity index (χ2n) is 4.35. The molecular weight excluding hydrogens is 260 g/mol. The van der Waals surface area contributed by atoms with Crippen LogP contribution < -0.4 is 11.1 Å². The van der Waals surface area contributed by atoms with Gasteiger partial charge >= 0.3 is 0 Å². The molecule has 0 spiro atoms. The minimum Gasteiger partial charge on any atom is -0.380 e. The van der Waals surface area contributed by atoms with Crippen LogP contribution in [0.25, 0.3) is 0 Å². The molecule has 0 radical (unpaired) electrons. The highest BCUT2D eigenvalue weighted by atomic mass is 35.5. The number of carbonyl (C=O) groups excluding carboxylic acids is 1. The van der Waals surface area contributed by atoms with E-state index in [1.807, 2.05) is 37.3 Å². The lowest BCUT2D eigenvalue weighted by Crippen LogP contribution is -2.11. The van der Waals surface area contributed by atoms with Crippen molar-refractivity contribution in [1.82, 2.24) is 0 Å². The molecule has 3 nitrogen and oxygen atoms in total. The fourth-order valence-electron chi connectivity index (χ4n) is 1.88. The molecule has 2 aromatic rings. The van der Waals surface area contributed by atoms with E-state index in [-0.39, 0.29) is 0 Å². The third kappa shape index (κ3) is 3.26. The maximum atomic E-state index is 11.1. The number of halogens is 1. The molecule has 2 aromatic carbocycles. The Labute approximate surface area is 117 Å². The molecule has 0 aliphatic heterocycles. The first-order valence-corrected chi connectivity index (χ1v) is 6.33. The number of aryl methyl sites for hydroxylation is 1. The topological polar surface area (TPSA) is 55.1 Å². The first-order valence-electron chi connectivity index (χ1n) is 5.95. The van der Waals surface area contributed by atoms with Crippen molar-refractivity contribution in [3.63, 3.8) is 0 Å². The minimum absolute atomic E-state index is 0.421.